The van der Waals surface area contributed by atoms with Gasteiger partial charge in [0, 0.05) is 18.6 Å². The lowest BCUT2D eigenvalue weighted by Gasteiger charge is -2.36. The molecular formula is C17H23F3N2O. The Morgan fingerprint density at radius 2 is 1.87 bits per heavy atom. The molecular weight excluding hydrogens is 305 g/mol. The van der Waals surface area contributed by atoms with Gasteiger partial charge < -0.3 is 15.0 Å². The van der Waals surface area contributed by atoms with Gasteiger partial charge in [0.1, 0.15) is 12.4 Å². The molecule has 2 aliphatic rings. The van der Waals surface area contributed by atoms with E-state index in [0.29, 0.717) is 12.6 Å². The number of nitrogens with one attached hydrogen (secondary N) is 1. The Balaban J connectivity index is 1.41. The number of ether oxygens (including phenoxy) is 1. The number of fused-ring (bicyclic) bond motifs is 1. The zero-order valence-electron chi connectivity index (χ0n) is 13.1. The van der Waals surface area contributed by atoms with E-state index in [1.165, 1.54) is 5.56 Å². The summed E-state index contributed by atoms with van der Waals surface area (Å²) in [5.74, 6) is 0.965. The maximum absolute atomic E-state index is 12.3. The minimum Gasteiger partial charge on any atom is -0.492 e. The fraction of sp³-hybridized carbons (Fsp3) is 0.647. The average Bonchev–Trinajstić information content (AvgIpc) is 2.53. The second-order valence-electron chi connectivity index (χ2n) is 6.47. The third-order valence-electron chi connectivity index (χ3n) is 4.65. The summed E-state index contributed by atoms with van der Waals surface area (Å²) in [6.07, 6.45) is -2.02. The first kappa shape index (κ1) is 16.6. The Morgan fingerprint density at radius 1 is 1.13 bits per heavy atom. The number of hydrogen-bond acceptors (Lipinski definition) is 3. The lowest BCUT2D eigenvalue weighted by Crippen LogP contribution is -2.49. The minimum absolute atomic E-state index is 0.121. The number of para-hydroxylation sites is 1. The van der Waals surface area contributed by atoms with Gasteiger partial charge >= 0.3 is 6.18 Å². The first-order chi connectivity index (χ1) is 11.0. The van der Waals surface area contributed by atoms with Crippen LogP contribution in [0.25, 0.3) is 0 Å². The Kier molecular flexibility index (Phi) is 5.11. The van der Waals surface area contributed by atoms with Crippen molar-refractivity contribution in [3.63, 3.8) is 0 Å². The highest BCUT2D eigenvalue weighted by Crippen LogP contribution is 2.25. The molecule has 0 saturated carbocycles. The number of likely N-dealkylation sites (tertiary alicyclic amines) is 1. The molecule has 1 aromatic rings. The van der Waals surface area contributed by atoms with Crippen LogP contribution >= 0.6 is 0 Å². The van der Waals surface area contributed by atoms with Crippen LogP contribution in [0.1, 0.15) is 24.8 Å². The molecule has 3 nitrogen and oxygen atoms in total. The van der Waals surface area contributed by atoms with Gasteiger partial charge in [0.25, 0.3) is 0 Å². The van der Waals surface area contributed by atoms with Crippen molar-refractivity contribution in [1.82, 2.24) is 10.2 Å². The number of piperidine rings is 1. The van der Waals surface area contributed by atoms with Gasteiger partial charge in [0.05, 0.1) is 6.42 Å². The van der Waals surface area contributed by atoms with Gasteiger partial charge in [-0.3, -0.25) is 0 Å². The first-order valence-corrected chi connectivity index (χ1v) is 8.25. The van der Waals surface area contributed by atoms with Gasteiger partial charge in [-0.25, -0.2) is 0 Å². The van der Waals surface area contributed by atoms with E-state index in [9.17, 15) is 13.2 Å². The van der Waals surface area contributed by atoms with Gasteiger partial charge in [-0.05, 0) is 44.0 Å². The number of benzene rings is 1. The van der Waals surface area contributed by atoms with E-state index in [-0.39, 0.29) is 12.6 Å². The topological polar surface area (TPSA) is 24.5 Å². The van der Waals surface area contributed by atoms with E-state index in [2.05, 4.69) is 11.4 Å². The molecule has 1 N–H and O–H groups in total. The van der Waals surface area contributed by atoms with Crippen LogP contribution in [-0.2, 0) is 6.42 Å². The molecule has 1 fully saturated rings. The summed E-state index contributed by atoms with van der Waals surface area (Å²) in [4.78, 5) is 1.92. The molecule has 0 spiro atoms. The van der Waals surface area contributed by atoms with Crippen molar-refractivity contribution in [3.05, 3.63) is 29.8 Å². The van der Waals surface area contributed by atoms with Crippen LogP contribution in [0.4, 0.5) is 13.2 Å². The Bertz CT molecular complexity index is 513. The van der Waals surface area contributed by atoms with Crippen molar-refractivity contribution in [3.8, 4) is 5.75 Å². The molecule has 1 unspecified atom stereocenters. The molecule has 2 heterocycles. The summed E-state index contributed by atoms with van der Waals surface area (Å²) >= 11 is 0. The highest BCUT2D eigenvalue weighted by atomic mass is 19.4. The number of hydrogen-bond donors (Lipinski definition) is 1. The predicted molar refractivity (Wildman–Crippen MR) is 82.7 cm³/mol. The van der Waals surface area contributed by atoms with Crippen molar-refractivity contribution in [2.24, 2.45) is 0 Å². The average molecular weight is 328 g/mol. The SMILES string of the molecule is FC(F)(F)CCN1CCC(NC2COc3ccccc3C2)CC1. The third-order valence-corrected chi connectivity index (χ3v) is 4.65. The van der Waals surface area contributed by atoms with Crippen molar-refractivity contribution in [2.45, 2.75) is 43.9 Å². The van der Waals surface area contributed by atoms with Crippen molar-refractivity contribution in [1.29, 1.82) is 0 Å². The van der Waals surface area contributed by atoms with Crippen LogP contribution in [0, 0.1) is 0 Å². The molecule has 3 rings (SSSR count). The fourth-order valence-electron chi connectivity index (χ4n) is 3.38. The molecule has 23 heavy (non-hydrogen) atoms. The molecule has 0 aliphatic carbocycles. The van der Waals surface area contributed by atoms with E-state index in [0.717, 1.165) is 38.1 Å². The largest absolute Gasteiger partial charge is 0.492 e. The highest BCUT2D eigenvalue weighted by molar-refractivity contribution is 5.35. The Morgan fingerprint density at radius 3 is 2.61 bits per heavy atom. The van der Waals surface area contributed by atoms with E-state index < -0.39 is 12.6 Å². The first-order valence-electron chi connectivity index (χ1n) is 8.25. The summed E-state index contributed by atoms with van der Waals surface area (Å²) in [5, 5.41) is 3.62. The normalized spacial score (nSPS) is 23.3. The zero-order chi connectivity index (χ0) is 16.3. The van der Waals surface area contributed by atoms with E-state index in [1.807, 2.05) is 23.1 Å². The number of nitrogens with zero attached hydrogens (tertiary/aromatic N) is 1. The van der Waals surface area contributed by atoms with Gasteiger partial charge in [-0.2, -0.15) is 13.2 Å². The molecule has 128 valence electrons. The summed E-state index contributed by atoms with van der Waals surface area (Å²) < 4.78 is 42.6. The monoisotopic (exact) mass is 328 g/mol. The quantitative estimate of drug-likeness (QED) is 0.920. The van der Waals surface area contributed by atoms with Gasteiger partial charge in [0.2, 0.25) is 0 Å². The maximum atomic E-state index is 12.3. The molecule has 1 saturated heterocycles. The maximum Gasteiger partial charge on any atom is 0.390 e. The van der Waals surface area contributed by atoms with Gasteiger partial charge in [0.15, 0.2) is 0 Å². The molecule has 0 aromatic heterocycles. The fourth-order valence-corrected chi connectivity index (χ4v) is 3.38. The van der Waals surface area contributed by atoms with Crippen molar-refractivity contribution < 1.29 is 17.9 Å². The molecule has 0 radical (unpaired) electrons. The molecule has 0 amide bonds. The standard InChI is InChI=1S/C17H23F3N2O/c18-17(19,20)7-10-22-8-5-14(6-9-22)21-15-11-13-3-1-2-4-16(13)23-12-15/h1-4,14-15,21H,5-12H2. The van der Waals surface area contributed by atoms with Crippen LogP contribution < -0.4 is 10.1 Å². The Hall–Kier alpha value is -1.27. The van der Waals surface area contributed by atoms with Crippen LogP contribution in [0.15, 0.2) is 24.3 Å². The van der Waals surface area contributed by atoms with Crippen LogP contribution in [0.2, 0.25) is 0 Å². The zero-order valence-corrected chi connectivity index (χ0v) is 13.1. The predicted octanol–water partition coefficient (Wildman–Crippen LogP) is 3.00. The molecule has 0 bridgehead atoms. The molecule has 6 heteroatoms. The van der Waals surface area contributed by atoms with E-state index in [4.69, 9.17) is 4.74 Å². The summed E-state index contributed by atoms with van der Waals surface area (Å²) in [6, 6.07) is 8.73. The lowest BCUT2D eigenvalue weighted by molar-refractivity contribution is -0.138. The molecule has 1 atom stereocenters. The molecule has 2 aliphatic heterocycles. The van der Waals surface area contributed by atoms with E-state index >= 15 is 0 Å². The van der Waals surface area contributed by atoms with Crippen LogP contribution in [0.5, 0.6) is 5.75 Å². The third kappa shape index (κ3) is 4.85. The summed E-state index contributed by atoms with van der Waals surface area (Å²) in [6.45, 7) is 2.25. The second-order valence-corrected chi connectivity index (χ2v) is 6.47. The smallest absolute Gasteiger partial charge is 0.390 e. The van der Waals surface area contributed by atoms with Crippen molar-refractivity contribution in [2.75, 3.05) is 26.2 Å². The van der Waals surface area contributed by atoms with Gasteiger partial charge in [-0.15, -0.1) is 0 Å². The van der Waals surface area contributed by atoms with E-state index in [1.54, 1.807) is 0 Å². The van der Waals surface area contributed by atoms with Crippen LogP contribution in [-0.4, -0.2) is 49.4 Å². The van der Waals surface area contributed by atoms with Crippen molar-refractivity contribution >= 4 is 0 Å². The summed E-state index contributed by atoms with van der Waals surface area (Å²) in [7, 11) is 0. The number of rotatable bonds is 4. The number of alkyl halides is 3. The Labute approximate surface area is 134 Å². The molecule has 1 aromatic carbocycles. The number of halogens is 3. The summed E-state index contributed by atoms with van der Waals surface area (Å²) in [5.41, 5.74) is 1.22. The second kappa shape index (κ2) is 7.09. The highest BCUT2D eigenvalue weighted by Gasteiger charge is 2.30. The minimum atomic E-state index is -4.05. The lowest BCUT2D eigenvalue weighted by atomic mass is 9.99. The van der Waals surface area contributed by atoms with Crippen LogP contribution in [0.3, 0.4) is 0 Å². The van der Waals surface area contributed by atoms with Gasteiger partial charge in [-0.1, -0.05) is 18.2 Å².